The molecule has 5 heteroatoms. The average molecular weight is 246 g/mol. The maximum Gasteiger partial charge on any atom is 0.156 e. The second-order valence-electron chi connectivity index (χ2n) is 5.23. The van der Waals surface area contributed by atoms with Crippen LogP contribution in [0, 0.1) is 5.92 Å². The number of imidazole rings is 1. The number of aliphatic hydroxyl groups excluding tert-OH is 1. The molecule has 18 heavy (non-hydrogen) atoms. The zero-order valence-electron chi connectivity index (χ0n) is 10.7. The predicted octanol–water partition coefficient (Wildman–Crippen LogP) is 1.18. The van der Waals surface area contributed by atoms with Gasteiger partial charge in [-0.15, -0.1) is 0 Å². The van der Waals surface area contributed by atoms with E-state index in [-0.39, 0.29) is 6.10 Å². The van der Waals surface area contributed by atoms with Crippen LogP contribution in [-0.4, -0.2) is 39.3 Å². The summed E-state index contributed by atoms with van der Waals surface area (Å²) in [6.07, 6.45) is 5.36. The van der Waals surface area contributed by atoms with Crippen molar-refractivity contribution in [1.82, 2.24) is 14.5 Å². The minimum atomic E-state index is -0.0954. The molecular weight excluding hydrogens is 228 g/mol. The van der Waals surface area contributed by atoms with Crippen molar-refractivity contribution >= 4 is 16.9 Å². The third kappa shape index (κ3) is 1.84. The molecule has 0 spiro atoms. The Morgan fingerprint density at radius 3 is 2.94 bits per heavy atom. The fraction of sp³-hybridized carbons (Fsp3) is 0.538. The van der Waals surface area contributed by atoms with Crippen molar-refractivity contribution < 1.29 is 5.11 Å². The molecule has 1 N–H and O–H groups in total. The highest BCUT2D eigenvalue weighted by molar-refractivity contribution is 5.86. The molecule has 5 nitrogen and oxygen atoms in total. The van der Waals surface area contributed by atoms with Crippen molar-refractivity contribution in [3.8, 4) is 0 Å². The summed E-state index contributed by atoms with van der Waals surface area (Å²) in [4.78, 5) is 11.0. The van der Waals surface area contributed by atoms with Gasteiger partial charge >= 0.3 is 0 Å². The Morgan fingerprint density at radius 1 is 1.44 bits per heavy atom. The van der Waals surface area contributed by atoms with Crippen LogP contribution in [0.25, 0.3) is 11.0 Å². The molecule has 1 aliphatic carbocycles. The van der Waals surface area contributed by atoms with E-state index in [2.05, 4.69) is 14.9 Å². The van der Waals surface area contributed by atoms with Gasteiger partial charge in [0, 0.05) is 26.8 Å². The minimum Gasteiger partial charge on any atom is -0.393 e. The summed E-state index contributed by atoms with van der Waals surface area (Å²) in [5.41, 5.74) is 2.04. The number of pyridine rings is 1. The van der Waals surface area contributed by atoms with Gasteiger partial charge in [-0.3, -0.25) is 0 Å². The number of hydrogen-bond donors (Lipinski definition) is 1. The Morgan fingerprint density at radius 2 is 2.22 bits per heavy atom. The highest BCUT2D eigenvalue weighted by Crippen LogP contribution is 2.30. The molecule has 0 radical (unpaired) electrons. The number of hydrogen-bond acceptors (Lipinski definition) is 4. The lowest BCUT2D eigenvalue weighted by atomic mass is 9.82. The van der Waals surface area contributed by atoms with E-state index in [1.54, 1.807) is 0 Å². The first kappa shape index (κ1) is 11.5. The standard InChI is InChI=1S/C13H18N4O/c1-16(7-9-5-10(18)6-9)13-12-11(3-4-14-13)17(2)8-15-12/h3-4,8-10,18H,5-7H2,1-2H3. The first-order valence-corrected chi connectivity index (χ1v) is 6.30. The molecule has 2 heterocycles. The molecule has 0 unspecified atom stereocenters. The smallest absolute Gasteiger partial charge is 0.156 e. The lowest BCUT2D eigenvalue weighted by molar-refractivity contribution is 0.0464. The van der Waals surface area contributed by atoms with Crippen LogP contribution in [0.1, 0.15) is 12.8 Å². The second kappa shape index (κ2) is 4.24. The molecule has 0 aliphatic heterocycles. The number of anilines is 1. The van der Waals surface area contributed by atoms with E-state index in [4.69, 9.17) is 0 Å². The molecule has 0 atom stereocenters. The van der Waals surface area contributed by atoms with E-state index in [1.165, 1.54) is 0 Å². The Balaban J connectivity index is 1.84. The van der Waals surface area contributed by atoms with E-state index in [0.29, 0.717) is 5.92 Å². The van der Waals surface area contributed by atoms with Gasteiger partial charge in [0.2, 0.25) is 0 Å². The van der Waals surface area contributed by atoms with Gasteiger partial charge in [-0.2, -0.15) is 0 Å². The van der Waals surface area contributed by atoms with Gasteiger partial charge in [-0.05, 0) is 24.8 Å². The Labute approximate surface area is 106 Å². The van der Waals surface area contributed by atoms with Crippen LogP contribution in [0.4, 0.5) is 5.82 Å². The van der Waals surface area contributed by atoms with E-state index >= 15 is 0 Å². The molecule has 2 aromatic rings. The summed E-state index contributed by atoms with van der Waals surface area (Å²) in [6.45, 7) is 0.930. The Hall–Kier alpha value is -1.62. The SMILES string of the molecule is CN(CC1CC(O)C1)c1nccc2c1ncn2C. The molecule has 3 rings (SSSR count). The van der Waals surface area contributed by atoms with Crippen molar-refractivity contribution in [1.29, 1.82) is 0 Å². The second-order valence-corrected chi connectivity index (χ2v) is 5.23. The van der Waals surface area contributed by atoms with E-state index in [0.717, 1.165) is 36.2 Å². The maximum atomic E-state index is 9.33. The topological polar surface area (TPSA) is 54.2 Å². The Kier molecular flexibility index (Phi) is 2.70. The van der Waals surface area contributed by atoms with Gasteiger partial charge in [-0.25, -0.2) is 9.97 Å². The average Bonchev–Trinajstić information content (AvgIpc) is 2.69. The number of aliphatic hydroxyl groups is 1. The summed E-state index contributed by atoms with van der Waals surface area (Å²) >= 11 is 0. The van der Waals surface area contributed by atoms with Crippen LogP contribution < -0.4 is 4.90 Å². The largest absolute Gasteiger partial charge is 0.393 e. The van der Waals surface area contributed by atoms with E-state index in [9.17, 15) is 5.11 Å². The van der Waals surface area contributed by atoms with Gasteiger partial charge < -0.3 is 14.6 Å². The van der Waals surface area contributed by atoms with E-state index in [1.807, 2.05) is 37.3 Å². The molecular formula is C13H18N4O. The summed E-state index contributed by atoms with van der Waals surface area (Å²) < 4.78 is 2.00. The van der Waals surface area contributed by atoms with Crippen LogP contribution in [-0.2, 0) is 7.05 Å². The third-order valence-electron chi connectivity index (χ3n) is 3.73. The highest BCUT2D eigenvalue weighted by Gasteiger charge is 2.28. The van der Waals surface area contributed by atoms with Gasteiger partial charge in [-0.1, -0.05) is 0 Å². The molecule has 0 aromatic carbocycles. The van der Waals surface area contributed by atoms with Crippen LogP contribution in [0.3, 0.4) is 0 Å². The molecule has 0 amide bonds. The fourth-order valence-corrected chi connectivity index (χ4v) is 2.65. The van der Waals surface area contributed by atoms with Crippen molar-refractivity contribution in [2.45, 2.75) is 18.9 Å². The third-order valence-corrected chi connectivity index (χ3v) is 3.73. The number of fused-ring (bicyclic) bond motifs is 1. The van der Waals surface area contributed by atoms with Gasteiger partial charge in [0.15, 0.2) is 5.82 Å². The Bertz CT molecular complexity index is 559. The van der Waals surface area contributed by atoms with E-state index < -0.39 is 0 Å². The number of aryl methyl sites for hydroxylation is 1. The molecule has 0 bridgehead atoms. The lowest BCUT2D eigenvalue weighted by Crippen LogP contribution is -2.37. The molecule has 0 saturated heterocycles. The first-order valence-electron chi connectivity index (χ1n) is 6.30. The zero-order chi connectivity index (χ0) is 12.7. The van der Waals surface area contributed by atoms with Gasteiger partial charge in [0.25, 0.3) is 0 Å². The molecule has 1 saturated carbocycles. The quantitative estimate of drug-likeness (QED) is 0.883. The molecule has 1 fully saturated rings. The zero-order valence-corrected chi connectivity index (χ0v) is 10.7. The van der Waals surface area contributed by atoms with Crippen molar-refractivity contribution in [2.24, 2.45) is 13.0 Å². The number of rotatable bonds is 3. The molecule has 96 valence electrons. The van der Waals surface area contributed by atoms with Crippen molar-refractivity contribution in [3.05, 3.63) is 18.6 Å². The normalized spacial score (nSPS) is 23.1. The summed E-state index contributed by atoms with van der Waals surface area (Å²) in [7, 11) is 4.03. The first-order chi connectivity index (χ1) is 8.65. The maximum absolute atomic E-state index is 9.33. The number of nitrogens with zero attached hydrogens (tertiary/aromatic N) is 4. The fourth-order valence-electron chi connectivity index (χ4n) is 2.65. The number of aromatic nitrogens is 3. The minimum absolute atomic E-state index is 0.0954. The summed E-state index contributed by atoms with van der Waals surface area (Å²) in [6, 6.07) is 1.98. The highest BCUT2D eigenvalue weighted by atomic mass is 16.3. The monoisotopic (exact) mass is 246 g/mol. The predicted molar refractivity (Wildman–Crippen MR) is 70.5 cm³/mol. The van der Waals surface area contributed by atoms with Crippen LogP contribution in [0.15, 0.2) is 18.6 Å². The lowest BCUT2D eigenvalue weighted by Gasteiger charge is -2.34. The van der Waals surface area contributed by atoms with Crippen molar-refractivity contribution in [3.63, 3.8) is 0 Å². The van der Waals surface area contributed by atoms with Crippen LogP contribution in [0.2, 0.25) is 0 Å². The van der Waals surface area contributed by atoms with Gasteiger partial charge in [0.05, 0.1) is 17.9 Å². The molecule has 1 aliphatic rings. The van der Waals surface area contributed by atoms with Crippen molar-refractivity contribution in [2.75, 3.05) is 18.5 Å². The summed E-state index contributed by atoms with van der Waals surface area (Å²) in [5.74, 6) is 1.50. The van der Waals surface area contributed by atoms with Gasteiger partial charge in [0.1, 0.15) is 5.52 Å². The van der Waals surface area contributed by atoms with Crippen LogP contribution in [0.5, 0.6) is 0 Å². The van der Waals surface area contributed by atoms with Crippen LogP contribution >= 0.6 is 0 Å². The summed E-state index contributed by atoms with van der Waals surface area (Å²) in [5, 5.41) is 9.33. The molecule has 2 aromatic heterocycles.